The van der Waals surface area contributed by atoms with E-state index >= 15 is 0 Å². The molecule has 0 aliphatic heterocycles. The van der Waals surface area contributed by atoms with E-state index in [1.807, 2.05) is 54.6 Å². The number of nitrogens with zero attached hydrogens (tertiary/aromatic N) is 1. The topological polar surface area (TPSA) is 50.2 Å². The van der Waals surface area contributed by atoms with Gasteiger partial charge in [-0.05, 0) is 48.6 Å². The molecule has 0 unspecified atom stereocenters. The van der Waals surface area contributed by atoms with Crippen LogP contribution in [0.25, 0.3) is 11.1 Å². The van der Waals surface area contributed by atoms with Gasteiger partial charge >= 0.3 is 5.97 Å². The number of aryl methyl sites for hydroxylation is 3. The molecule has 0 saturated carbocycles. The van der Waals surface area contributed by atoms with Crippen LogP contribution in [0.1, 0.15) is 40.7 Å². The Bertz CT molecular complexity index is 938. The van der Waals surface area contributed by atoms with E-state index in [2.05, 4.69) is 6.92 Å². The second-order valence-corrected chi connectivity index (χ2v) is 6.96. The molecule has 138 valence electrons. The number of carboxylic acid groups (broad SMARTS) is 1. The smallest absolute Gasteiger partial charge is 0.337 e. The zero-order chi connectivity index (χ0) is 19.2. The number of benzene rings is 2. The summed E-state index contributed by atoms with van der Waals surface area (Å²) in [6.45, 7) is 2.10. The van der Waals surface area contributed by atoms with Crippen LogP contribution in [0.2, 0.25) is 5.02 Å². The lowest BCUT2D eigenvalue weighted by Gasteiger charge is -2.14. The standard InChI is InChI=1S/C23H22ClNO2/c1-2-7-21-19(17-10-6-11-18(24)14-17)15-20(23(26)27)22(25-21)13-12-16-8-4-3-5-9-16/h3-6,8-11,14-15H,2,7,12-13H2,1H3,(H,26,27). The quantitative estimate of drug-likeness (QED) is 0.561. The number of hydrogen-bond donors (Lipinski definition) is 1. The minimum atomic E-state index is -0.947. The van der Waals surface area contributed by atoms with Crippen molar-refractivity contribution >= 4 is 17.6 Å². The van der Waals surface area contributed by atoms with Crippen LogP contribution in [0, 0.1) is 0 Å². The fourth-order valence-electron chi connectivity index (χ4n) is 3.21. The molecular formula is C23H22ClNO2. The van der Waals surface area contributed by atoms with Gasteiger partial charge in [0.05, 0.1) is 11.3 Å². The number of hydrogen-bond acceptors (Lipinski definition) is 2. The number of rotatable bonds is 7. The highest BCUT2D eigenvalue weighted by Gasteiger charge is 2.17. The molecule has 0 amide bonds. The Labute approximate surface area is 164 Å². The highest BCUT2D eigenvalue weighted by atomic mass is 35.5. The molecule has 3 nitrogen and oxygen atoms in total. The first-order valence-corrected chi connectivity index (χ1v) is 9.52. The number of aromatic carboxylic acids is 1. The van der Waals surface area contributed by atoms with Crippen LogP contribution >= 0.6 is 11.6 Å². The molecule has 0 aliphatic rings. The summed E-state index contributed by atoms with van der Waals surface area (Å²) in [6, 6.07) is 19.3. The van der Waals surface area contributed by atoms with Gasteiger partial charge in [-0.3, -0.25) is 4.98 Å². The molecular weight excluding hydrogens is 358 g/mol. The van der Waals surface area contributed by atoms with Crippen molar-refractivity contribution in [3.05, 3.63) is 88.2 Å². The summed E-state index contributed by atoms with van der Waals surface area (Å²) in [7, 11) is 0. The van der Waals surface area contributed by atoms with E-state index in [4.69, 9.17) is 16.6 Å². The van der Waals surface area contributed by atoms with Crippen LogP contribution in [-0.4, -0.2) is 16.1 Å². The fourth-order valence-corrected chi connectivity index (χ4v) is 3.40. The summed E-state index contributed by atoms with van der Waals surface area (Å²) in [5.41, 5.74) is 4.75. The zero-order valence-electron chi connectivity index (χ0n) is 15.3. The third kappa shape index (κ3) is 4.75. The molecule has 1 heterocycles. The Morgan fingerprint density at radius 3 is 2.41 bits per heavy atom. The molecule has 2 aromatic carbocycles. The predicted octanol–water partition coefficient (Wildman–Crippen LogP) is 5.84. The molecule has 27 heavy (non-hydrogen) atoms. The molecule has 0 radical (unpaired) electrons. The predicted molar refractivity (Wildman–Crippen MR) is 109 cm³/mol. The summed E-state index contributed by atoms with van der Waals surface area (Å²) in [5, 5.41) is 10.4. The summed E-state index contributed by atoms with van der Waals surface area (Å²) in [6.07, 6.45) is 3.08. The van der Waals surface area contributed by atoms with Crippen LogP contribution < -0.4 is 0 Å². The van der Waals surface area contributed by atoms with E-state index in [9.17, 15) is 9.90 Å². The van der Waals surface area contributed by atoms with Crippen molar-refractivity contribution in [2.45, 2.75) is 32.6 Å². The van der Waals surface area contributed by atoms with Crippen molar-refractivity contribution in [1.29, 1.82) is 0 Å². The average molecular weight is 380 g/mol. The minimum absolute atomic E-state index is 0.265. The third-order valence-electron chi connectivity index (χ3n) is 4.53. The van der Waals surface area contributed by atoms with Crippen LogP contribution in [0.5, 0.6) is 0 Å². The second-order valence-electron chi connectivity index (χ2n) is 6.53. The SMILES string of the molecule is CCCc1nc(CCc2ccccc2)c(C(=O)O)cc1-c1cccc(Cl)c1. The molecule has 0 bridgehead atoms. The van der Waals surface area contributed by atoms with Gasteiger partial charge in [0.15, 0.2) is 0 Å². The van der Waals surface area contributed by atoms with Crippen molar-refractivity contribution in [3.8, 4) is 11.1 Å². The lowest BCUT2D eigenvalue weighted by Crippen LogP contribution is -2.10. The summed E-state index contributed by atoms with van der Waals surface area (Å²) in [5.74, 6) is -0.947. The van der Waals surface area contributed by atoms with Gasteiger partial charge in [-0.2, -0.15) is 0 Å². The van der Waals surface area contributed by atoms with E-state index in [1.165, 1.54) is 5.56 Å². The van der Waals surface area contributed by atoms with Gasteiger partial charge < -0.3 is 5.11 Å². The van der Waals surface area contributed by atoms with Crippen molar-refractivity contribution < 1.29 is 9.90 Å². The van der Waals surface area contributed by atoms with E-state index in [0.29, 0.717) is 17.1 Å². The van der Waals surface area contributed by atoms with E-state index in [-0.39, 0.29) is 5.56 Å². The van der Waals surface area contributed by atoms with Gasteiger partial charge in [-0.1, -0.05) is 67.4 Å². The lowest BCUT2D eigenvalue weighted by atomic mass is 9.96. The van der Waals surface area contributed by atoms with Gasteiger partial charge in [-0.25, -0.2) is 4.79 Å². The minimum Gasteiger partial charge on any atom is -0.478 e. The number of halogens is 1. The first-order chi connectivity index (χ1) is 13.1. The van der Waals surface area contributed by atoms with Crippen molar-refractivity contribution in [2.24, 2.45) is 0 Å². The fraction of sp³-hybridized carbons (Fsp3) is 0.217. The Balaban J connectivity index is 2.03. The molecule has 0 saturated heterocycles. The maximum atomic E-state index is 11.9. The lowest BCUT2D eigenvalue weighted by molar-refractivity contribution is 0.0695. The van der Waals surface area contributed by atoms with E-state index in [1.54, 1.807) is 6.07 Å². The summed E-state index contributed by atoms with van der Waals surface area (Å²) in [4.78, 5) is 16.7. The van der Waals surface area contributed by atoms with Crippen molar-refractivity contribution in [2.75, 3.05) is 0 Å². The largest absolute Gasteiger partial charge is 0.478 e. The Morgan fingerprint density at radius 2 is 1.74 bits per heavy atom. The molecule has 1 aromatic heterocycles. The molecule has 1 N–H and O–H groups in total. The Morgan fingerprint density at radius 1 is 0.963 bits per heavy atom. The maximum Gasteiger partial charge on any atom is 0.337 e. The van der Waals surface area contributed by atoms with Crippen molar-refractivity contribution in [3.63, 3.8) is 0 Å². The molecule has 4 heteroatoms. The normalized spacial score (nSPS) is 10.7. The first kappa shape index (κ1) is 19.1. The number of aromatic nitrogens is 1. The van der Waals surface area contributed by atoms with Crippen LogP contribution in [0.15, 0.2) is 60.7 Å². The highest BCUT2D eigenvalue weighted by molar-refractivity contribution is 6.30. The second kappa shape index (κ2) is 8.83. The van der Waals surface area contributed by atoms with Gasteiger partial charge in [-0.15, -0.1) is 0 Å². The Hall–Kier alpha value is -2.65. The van der Waals surface area contributed by atoms with Gasteiger partial charge in [0.25, 0.3) is 0 Å². The number of carbonyl (C=O) groups is 1. The van der Waals surface area contributed by atoms with E-state index < -0.39 is 5.97 Å². The monoisotopic (exact) mass is 379 g/mol. The molecule has 3 aromatic rings. The van der Waals surface area contributed by atoms with Gasteiger partial charge in [0.1, 0.15) is 0 Å². The van der Waals surface area contributed by atoms with Gasteiger partial charge in [0.2, 0.25) is 0 Å². The molecule has 0 atom stereocenters. The molecule has 0 spiro atoms. The zero-order valence-corrected chi connectivity index (χ0v) is 16.0. The maximum absolute atomic E-state index is 11.9. The molecule has 3 rings (SSSR count). The first-order valence-electron chi connectivity index (χ1n) is 9.14. The Kier molecular flexibility index (Phi) is 6.25. The van der Waals surface area contributed by atoms with Crippen LogP contribution in [0.3, 0.4) is 0 Å². The number of pyridine rings is 1. The average Bonchev–Trinajstić information content (AvgIpc) is 2.67. The van der Waals surface area contributed by atoms with Gasteiger partial charge in [0, 0.05) is 16.3 Å². The van der Waals surface area contributed by atoms with Crippen LogP contribution in [0.4, 0.5) is 0 Å². The highest BCUT2D eigenvalue weighted by Crippen LogP contribution is 2.29. The molecule has 0 fully saturated rings. The van der Waals surface area contributed by atoms with Crippen molar-refractivity contribution in [1.82, 2.24) is 4.98 Å². The van der Waals surface area contributed by atoms with Crippen LogP contribution in [-0.2, 0) is 19.3 Å². The third-order valence-corrected chi connectivity index (χ3v) is 4.76. The summed E-state index contributed by atoms with van der Waals surface area (Å²) >= 11 is 6.14. The van der Waals surface area contributed by atoms with E-state index in [0.717, 1.165) is 36.1 Å². The summed E-state index contributed by atoms with van der Waals surface area (Å²) < 4.78 is 0. The number of carboxylic acids is 1. The molecule has 0 aliphatic carbocycles.